The van der Waals surface area contributed by atoms with Gasteiger partial charge in [-0.1, -0.05) is 26.0 Å². The number of sulfonamides is 1. The SMILES string of the molecule is CCC(CC)(CN)NS(=O)(=O)c1ccccc1OC(F)F.Cl. The lowest BCUT2D eigenvalue weighted by molar-refractivity contribution is -0.0517. The van der Waals surface area contributed by atoms with E-state index >= 15 is 0 Å². The molecule has 1 rings (SSSR count). The monoisotopic (exact) mass is 358 g/mol. The molecule has 0 aliphatic carbocycles. The Balaban J connectivity index is 0.00000441. The van der Waals surface area contributed by atoms with E-state index < -0.39 is 27.9 Å². The van der Waals surface area contributed by atoms with Crippen LogP contribution in [0.3, 0.4) is 0 Å². The predicted molar refractivity (Wildman–Crippen MR) is 83.0 cm³/mol. The Kier molecular flexibility index (Phi) is 8.24. The maximum atomic E-state index is 12.4. The van der Waals surface area contributed by atoms with Gasteiger partial charge in [-0.2, -0.15) is 8.78 Å². The summed E-state index contributed by atoms with van der Waals surface area (Å²) in [5, 5.41) is 0. The second-order valence-electron chi connectivity index (χ2n) is 4.62. The average molecular weight is 359 g/mol. The molecule has 1 aromatic rings. The molecular formula is C13H21ClF2N2O3S. The molecule has 0 amide bonds. The van der Waals surface area contributed by atoms with Gasteiger partial charge in [-0.05, 0) is 25.0 Å². The van der Waals surface area contributed by atoms with Crippen LogP contribution in [-0.4, -0.2) is 27.1 Å². The maximum Gasteiger partial charge on any atom is 0.387 e. The van der Waals surface area contributed by atoms with Crippen molar-refractivity contribution in [2.24, 2.45) is 5.73 Å². The number of benzene rings is 1. The number of rotatable bonds is 8. The van der Waals surface area contributed by atoms with E-state index in [1.54, 1.807) is 13.8 Å². The van der Waals surface area contributed by atoms with E-state index in [4.69, 9.17) is 5.73 Å². The van der Waals surface area contributed by atoms with Crippen LogP contribution in [0.2, 0.25) is 0 Å². The molecule has 128 valence electrons. The van der Waals surface area contributed by atoms with Crippen LogP contribution in [0.4, 0.5) is 8.78 Å². The van der Waals surface area contributed by atoms with Gasteiger partial charge in [-0.15, -0.1) is 12.4 Å². The van der Waals surface area contributed by atoms with Gasteiger partial charge in [0.2, 0.25) is 10.0 Å². The summed E-state index contributed by atoms with van der Waals surface area (Å²) in [5.41, 5.74) is 4.85. The van der Waals surface area contributed by atoms with Crippen molar-refractivity contribution in [3.8, 4) is 5.75 Å². The van der Waals surface area contributed by atoms with Gasteiger partial charge in [0.15, 0.2) is 0 Å². The molecule has 5 nitrogen and oxygen atoms in total. The highest BCUT2D eigenvalue weighted by atomic mass is 35.5. The van der Waals surface area contributed by atoms with E-state index in [1.807, 2.05) is 0 Å². The van der Waals surface area contributed by atoms with Crippen LogP contribution in [0, 0.1) is 0 Å². The number of alkyl halides is 2. The largest absolute Gasteiger partial charge is 0.433 e. The van der Waals surface area contributed by atoms with Gasteiger partial charge in [-0.25, -0.2) is 13.1 Å². The Bertz CT molecular complexity index is 558. The first kappa shape index (κ1) is 21.0. The summed E-state index contributed by atoms with van der Waals surface area (Å²) in [4.78, 5) is -0.329. The standard InChI is InChI=1S/C13H20F2N2O3S.ClH/c1-3-13(4-2,9-16)17-21(18,19)11-8-6-5-7-10(11)20-12(14)15;/h5-8,12,17H,3-4,9,16H2,1-2H3;1H. The van der Waals surface area contributed by atoms with Gasteiger partial charge in [0, 0.05) is 12.1 Å². The smallest absolute Gasteiger partial charge is 0.387 e. The molecule has 0 aliphatic rings. The third kappa shape index (κ3) is 5.05. The van der Waals surface area contributed by atoms with E-state index in [1.165, 1.54) is 24.3 Å². The normalized spacial score (nSPS) is 12.1. The van der Waals surface area contributed by atoms with Crippen molar-refractivity contribution >= 4 is 22.4 Å². The molecule has 1 aromatic carbocycles. The van der Waals surface area contributed by atoms with Crippen LogP contribution in [0.15, 0.2) is 29.2 Å². The molecular weight excluding hydrogens is 338 g/mol. The van der Waals surface area contributed by atoms with Crippen molar-refractivity contribution in [1.29, 1.82) is 0 Å². The zero-order valence-corrected chi connectivity index (χ0v) is 14.0. The van der Waals surface area contributed by atoms with E-state index in [0.717, 1.165) is 0 Å². The minimum absolute atomic E-state index is 0. The average Bonchev–Trinajstić information content (AvgIpc) is 2.45. The zero-order valence-electron chi connectivity index (χ0n) is 12.4. The Hall–Kier alpha value is -0.960. The molecule has 0 fully saturated rings. The van der Waals surface area contributed by atoms with Crippen molar-refractivity contribution < 1.29 is 21.9 Å². The van der Waals surface area contributed by atoms with E-state index in [-0.39, 0.29) is 23.8 Å². The molecule has 0 heterocycles. The zero-order chi connectivity index (χ0) is 16.1. The summed E-state index contributed by atoms with van der Waals surface area (Å²) in [7, 11) is -4.02. The van der Waals surface area contributed by atoms with E-state index in [9.17, 15) is 17.2 Å². The van der Waals surface area contributed by atoms with Crippen molar-refractivity contribution in [2.45, 2.75) is 43.7 Å². The fourth-order valence-corrected chi connectivity index (χ4v) is 3.62. The Morgan fingerprint density at radius 1 is 1.27 bits per heavy atom. The molecule has 0 radical (unpaired) electrons. The van der Waals surface area contributed by atoms with Gasteiger partial charge in [-0.3, -0.25) is 0 Å². The Morgan fingerprint density at radius 2 is 1.82 bits per heavy atom. The van der Waals surface area contributed by atoms with Crippen molar-refractivity contribution in [3.05, 3.63) is 24.3 Å². The lowest BCUT2D eigenvalue weighted by Crippen LogP contribution is -2.52. The molecule has 0 unspecified atom stereocenters. The minimum Gasteiger partial charge on any atom is -0.433 e. The van der Waals surface area contributed by atoms with Gasteiger partial charge >= 0.3 is 6.61 Å². The number of hydrogen-bond acceptors (Lipinski definition) is 4. The number of nitrogens with two attached hydrogens (primary N) is 1. The number of para-hydroxylation sites is 1. The molecule has 22 heavy (non-hydrogen) atoms. The van der Waals surface area contributed by atoms with E-state index in [2.05, 4.69) is 9.46 Å². The summed E-state index contributed by atoms with van der Waals surface area (Å²) < 4.78 is 56.4. The van der Waals surface area contributed by atoms with Gasteiger partial charge in [0.05, 0.1) is 0 Å². The predicted octanol–water partition coefficient (Wildman–Crippen LogP) is 2.51. The Morgan fingerprint density at radius 3 is 2.27 bits per heavy atom. The van der Waals surface area contributed by atoms with Gasteiger partial charge < -0.3 is 10.5 Å². The molecule has 3 N–H and O–H groups in total. The second kappa shape index (κ2) is 8.61. The summed E-state index contributed by atoms with van der Waals surface area (Å²) in [6.45, 7) is 0.621. The summed E-state index contributed by atoms with van der Waals surface area (Å²) in [6, 6.07) is 5.26. The highest BCUT2D eigenvalue weighted by molar-refractivity contribution is 7.89. The summed E-state index contributed by atoms with van der Waals surface area (Å²) >= 11 is 0. The molecule has 0 bridgehead atoms. The number of halogens is 3. The first-order valence-corrected chi connectivity index (χ1v) is 8.06. The fourth-order valence-electron chi connectivity index (χ4n) is 1.93. The van der Waals surface area contributed by atoms with Crippen LogP contribution < -0.4 is 15.2 Å². The Labute approximate surface area is 135 Å². The first-order chi connectivity index (χ1) is 9.80. The number of hydrogen-bond donors (Lipinski definition) is 2. The van der Waals surface area contributed by atoms with Crippen LogP contribution in [0.25, 0.3) is 0 Å². The highest BCUT2D eigenvalue weighted by Crippen LogP contribution is 2.27. The maximum absolute atomic E-state index is 12.4. The third-order valence-electron chi connectivity index (χ3n) is 3.45. The van der Waals surface area contributed by atoms with Crippen LogP contribution in [0.5, 0.6) is 5.75 Å². The van der Waals surface area contributed by atoms with Crippen LogP contribution in [0.1, 0.15) is 26.7 Å². The highest BCUT2D eigenvalue weighted by Gasteiger charge is 2.32. The summed E-state index contributed by atoms with van der Waals surface area (Å²) in [6.07, 6.45) is 0.966. The molecule has 0 saturated heterocycles. The number of nitrogens with one attached hydrogen (secondary N) is 1. The lowest BCUT2D eigenvalue weighted by Gasteiger charge is -2.31. The summed E-state index contributed by atoms with van der Waals surface area (Å²) in [5.74, 6) is -0.391. The molecule has 0 spiro atoms. The van der Waals surface area contributed by atoms with E-state index in [0.29, 0.717) is 12.8 Å². The topological polar surface area (TPSA) is 81.4 Å². The molecule has 0 aromatic heterocycles. The minimum atomic E-state index is -4.02. The lowest BCUT2D eigenvalue weighted by atomic mass is 9.95. The molecule has 0 aliphatic heterocycles. The third-order valence-corrected chi connectivity index (χ3v) is 5.07. The fraction of sp³-hybridized carbons (Fsp3) is 0.538. The van der Waals surface area contributed by atoms with Crippen molar-refractivity contribution in [3.63, 3.8) is 0 Å². The van der Waals surface area contributed by atoms with Gasteiger partial charge in [0.25, 0.3) is 0 Å². The van der Waals surface area contributed by atoms with Crippen molar-refractivity contribution in [1.82, 2.24) is 4.72 Å². The number of ether oxygens (including phenoxy) is 1. The van der Waals surface area contributed by atoms with Gasteiger partial charge in [0.1, 0.15) is 10.6 Å². The quantitative estimate of drug-likeness (QED) is 0.748. The molecule has 9 heteroatoms. The molecule has 0 saturated carbocycles. The molecule has 0 atom stereocenters. The second-order valence-corrected chi connectivity index (χ2v) is 6.27. The van der Waals surface area contributed by atoms with Crippen molar-refractivity contribution in [2.75, 3.05) is 6.54 Å². The van der Waals surface area contributed by atoms with Crippen LogP contribution >= 0.6 is 12.4 Å². The van der Waals surface area contributed by atoms with Crippen LogP contribution in [-0.2, 0) is 10.0 Å². The first-order valence-electron chi connectivity index (χ1n) is 6.58.